The number of nitrogen functional groups attached to an aromatic ring is 1. The van der Waals surface area contributed by atoms with Gasteiger partial charge in [0.1, 0.15) is 5.82 Å². The lowest BCUT2D eigenvalue weighted by Crippen LogP contribution is -2.15. The summed E-state index contributed by atoms with van der Waals surface area (Å²) in [7, 11) is 0. The topological polar surface area (TPSA) is 113 Å². The highest BCUT2D eigenvalue weighted by atomic mass is 19.1. The molecule has 0 saturated heterocycles. The molecule has 0 aromatic heterocycles. The number of non-ortho nitro benzene ring substituents is 1. The van der Waals surface area contributed by atoms with Gasteiger partial charge in [0.15, 0.2) is 12.4 Å². The van der Waals surface area contributed by atoms with Gasteiger partial charge >= 0.3 is 5.97 Å². The lowest BCUT2D eigenvalue weighted by atomic mass is 10.1. The SMILES string of the molecule is Nc1ccc([N+](=O)[O-])cc1C(=O)OCC(=O)c1ccc(F)cc1. The van der Waals surface area contributed by atoms with Crippen LogP contribution >= 0.6 is 0 Å². The molecule has 2 rings (SSSR count). The Balaban J connectivity index is 2.07. The standard InChI is InChI=1S/C15H11FN2O5/c16-10-3-1-9(2-4-10)14(19)8-23-15(20)12-7-11(18(21)22)5-6-13(12)17/h1-7H,8,17H2. The number of Topliss-reactive ketones (excluding diaryl/α,β-unsaturated/α-hetero) is 1. The fourth-order valence-corrected chi connectivity index (χ4v) is 1.76. The first kappa shape index (κ1) is 16.1. The predicted molar refractivity (Wildman–Crippen MR) is 78.5 cm³/mol. The van der Waals surface area contributed by atoms with Crippen LogP contribution in [-0.4, -0.2) is 23.3 Å². The number of esters is 1. The number of ether oxygens (including phenoxy) is 1. The number of nitro benzene ring substituents is 1. The fourth-order valence-electron chi connectivity index (χ4n) is 1.76. The Hall–Kier alpha value is -3.29. The van der Waals surface area contributed by atoms with Crippen molar-refractivity contribution in [1.29, 1.82) is 0 Å². The molecule has 8 heteroatoms. The lowest BCUT2D eigenvalue weighted by molar-refractivity contribution is -0.384. The maximum absolute atomic E-state index is 12.8. The highest BCUT2D eigenvalue weighted by molar-refractivity contribution is 6.00. The van der Waals surface area contributed by atoms with E-state index in [2.05, 4.69) is 0 Å². The number of ketones is 1. The van der Waals surface area contributed by atoms with Gasteiger partial charge in [-0.2, -0.15) is 0 Å². The van der Waals surface area contributed by atoms with Gasteiger partial charge in [-0.05, 0) is 30.3 Å². The van der Waals surface area contributed by atoms with Crippen LogP contribution in [-0.2, 0) is 4.74 Å². The molecule has 2 aromatic rings. The highest BCUT2D eigenvalue weighted by Crippen LogP contribution is 2.20. The van der Waals surface area contributed by atoms with Crippen molar-refractivity contribution in [2.75, 3.05) is 12.3 Å². The molecule has 118 valence electrons. The number of halogens is 1. The minimum absolute atomic E-state index is 0.00479. The third-order valence-corrected chi connectivity index (χ3v) is 2.97. The number of carbonyl (C=O) groups excluding carboxylic acids is 2. The first-order valence-corrected chi connectivity index (χ1v) is 6.38. The summed E-state index contributed by atoms with van der Waals surface area (Å²) >= 11 is 0. The number of rotatable bonds is 5. The normalized spacial score (nSPS) is 10.1. The van der Waals surface area contributed by atoms with Crippen LogP contribution in [0.4, 0.5) is 15.8 Å². The quantitative estimate of drug-likeness (QED) is 0.298. The maximum atomic E-state index is 12.8. The minimum Gasteiger partial charge on any atom is -0.454 e. The van der Waals surface area contributed by atoms with E-state index < -0.39 is 29.1 Å². The minimum atomic E-state index is -0.957. The predicted octanol–water partition coefficient (Wildman–Crippen LogP) is 2.36. The number of carbonyl (C=O) groups is 2. The van der Waals surface area contributed by atoms with E-state index in [-0.39, 0.29) is 22.5 Å². The van der Waals surface area contributed by atoms with Crippen molar-refractivity contribution in [2.45, 2.75) is 0 Å². The van der Waals surface area contributed by atoms with Crippen molar-refractivity contribution >= 4 is 23.1 Å². The number of benzene rings is 2. The van der Waals surface area contributed by atoms with Crippen LogP contribution in [0.3, 0.4) is 0 Å². The molecule has 23 heavy (non-hydrogen) atoms. The molecule has 0 atom stereocenters. The summed E-state index contributed by atoms with van der Waals surface area (Å²) in [5.41, 5.74) is 5.22. The van der Waals surface area contributed by atoms with Crippen molar-refractivity contribution in [2.24, 2.45) is 0 Å². The van der Waals surface area contributed by atoms with E-state index in [1.165, 1.54) is 18.2 Å². The van der Waals surface area contributed by atoms with Gasteiger partial charge in [0, 0.05) is 23.4 Å². The molecule has 0 aliphatic carbocycles. The average Bonchev–Trinajstić information content (AvgIpc) is 2.53. The summed E-state index contributed by atoms with van der Waals surface area (Å²) < 4.78 is 17.6. The van der Waals surface area contributed by atoms with Crippen LogP contribution in [0, 0.1) is 15.9 Å². The summed E-state index contributed by atoms with van der Waals surface area (Å²) in [6.45, 7) is -0.591. The van der Waals surface area contributed by atoms with Gasteiger partial charge < -0.3 is 10.5 Å². The number of hydrogen-bond acceptors (Lipinski definition) is 6. The zero-order chi connectivity index (χ0) is 17.0. The van der Waals surface area contributed by atoms with E-state index in [0.717, 1.165) is 24.3 Å². The molecule has 0 amide bonds. The first-order chi connectivity index (χ1) is 10.9. The first-order valence-electron chi connectivity index (χ1n) is 6.38. The van der Waals surface area contributed by atoms with Crippen LogP contribution in [0.2, 0.25) is 0 Å². The molecular weight excluding hydrogens is 307 g/mol. The molecule has 2 N–H and O–H groups in total. The Morgan fingerprint density at radius 2 is 1.83 bits per heavy atom. The van der Waals surface area contributed by atoms with Crippen LogP contribution in [0.25, 0.3) is 0 Å². The molecule has 0 radical (unpaired) electrons. The highest BCUT2D eigenvalue weighted by Gasteiger charge is 2.18. The summed E-state index contributed by atoms with van der Waals surface area (Å²) in [4.78, 5) is 33.7. The van der Waals surface area contributed by atoms with Crippen molar-refractivity contribution in [3.05, 3.63) is 69.5 Å². The number of nitro groups is 1. The van der Waals surface area contributed by atoms with Crippen molar-refractivity contribution in [1.82, 2.24) is 0 Å². The van der Waals surface area contributed by atoms with E-state index in [0.29, 0.717) is 0 Å². The maximum Gasteiger partial charge on any atom is 0.340 e. The summed E-state index contributed by atoms with van der Waals surface area (Å²) in [6.07, 6.45) is 0. The molecule has 0 aliphatic rings. The van der Waals surface area contributed by atoms with E-state index in [1.54, 1.807) is 0 Å². The Morgan fingerprint density at radius 1 is 1.17 bits per heavy atom. The third kappa shape index (κ3) is 3.88. The summed E-state index contributed by atoms with van der Waals surface area (Å²) in [5, 5.41) is 10.7. The number of nitrogens with two attached hydrogens (primary N) is 1. The largest absolute Gasteiger partial charge is 0.454 e. The average molecular weight is 318 g/mol. The van der Waals surface area contributed by atoms with Crippen LogP contribution in [0.1, 0.15) is 20.7 Å². The Bertz CT molecular complexity index is 774. The fraction of sp³-hybridized carbons (Fsp3) is 0.0667. The van der Waals surface area contributed by atoms with Gasteiger partial charge in [0.05, 0.1) is 10.5 Å². The molecule has 0 unspecified atom stereocenters. The number of hydrogen-bond donors (Lipinski definition) is 1. The molecule has 0 spiro atoms. The zero-order valence-electron chi connectivity index (χ0n) is 11.7. The Morgan fingerprint density at radius 3 is 2.43 bits per heavy atom. The second kappa shape index (κ2) is 6.65. The van der Waals surface area contributed by atoms with Gasteiger partial charge in [0.2, 0.25) is 0 Å². The smallest absolute Gasteiger partial charge is 0.340 e. The van der Waals surface area contributed by atoms with E-state index >= 15 is 0 Å². The summed E-state index contributed by atoms with van der Waals surface area (Å²) in [5.74, 6) is -1.99. The van der Waals surface area contributed by atoms with Gasteiger partial charge in [-0.3, -0.25) is 14.9 Å². The van der Waals surface area contributed by atoms with Crippen LogP contribution in [0.15, 0.2) is 42.5 Å². The monoisotopic (exact) mass is 318 g/mol. The van der Waals surface area contributed by atoms with E-state index in [1.807, 2.05) is 0 Å². The van der Waals surface area contributed by atoms with Crippen LogP contribution < -0.4 is 5.73 Å². The molecule has 0 bridgehead atoms. The molecule has 0 fully saturated rings. The van der Waals surface area contributed by atoms with Gasteiger partial charge in [-0.25, -0.2) is 9.18 Å². The third-order valence-electron chi connectivity index (χ3n) is 2.97. The Labute approximate surface area is 129 Å². The lowest BCUT2D eigenvalue weighted by Gasteiger charge is -2.06. The molecule has 7 nitrogen and oxygen atoms in total. The molecular formula is C15H11FN2O5. The molecule has 0 aliphatic heterocycles. The second-order valence-electron chi connectivity index (χ2n) is 4.53. The number of anilines is 1. The van der Waals surface area contributed by atoms with E-state index in [9.17, 15) is 24.1 Å². The van der Waals surface area contributed by atoms with Crippen molar-refractivity contribution < 1.29 is 23.6 Å². The van der Waals surface area contributed by atoms with Crippen molar-refractivity contribution in [3.63, 3.8) is 0 Å². The second-order valence-corrected chi connectivity index (χ2v) is 4.53. The van der Waals surface area contributed by atoms with Gasteiger partial charge in [-0.1, -0.05) is 0 Å². The zero-order valence-corrected chi connectivity index (χ0v) is 11.7. The molecule has 0 saturated carbocycles. The van der Waals surface area contributed by atoms with Gasteiger partial charge in [0.25, 0.3) is 5.69 Å². The molecule has 2 aromatic carbocycles. The number of nitrogens with zero attached hydrogens (tertiary/aromatic N) is 1. The van der Waals surface area contributed by atoms with Crippen molar-refractivity contribution in [3.8, 4) is 0 Å². The summed E-state index contributed by atoms with van der Waals surface area (Å²) in [6, 6.07) is 8.05. The van der Waals surface area contributed by atoms with E-state index in [4.69, 9.17) is 10.5 Å². The molecule has 0 heterocycles. The Kier molecular flexibility index (Phi) is 4.65. The van der Waals surface area contributed by atoms with Crippen LogP contribution in [0.5, 0.6) is 0 Å². The van der Waals surface area contributed by atoms with Gasteiger partial charge in [-0.15, -0.1) is 0 Å².